The summed E-state index contributed by atoms with van der Waals surface area (Å²) in [5.41, 5.74) is 0.0787. The summed E-state index contributed by atoms with van der Waals surface area (Å²) in [6.45, 7) is 1.20. The number of carbonyl (C=O) groups is 1. The van der Waals surface area contributed by atoms with Crippen LogP contribution in [0, 0.1) is 0 Å². The monoisotopic (exact) mass is 98.1 g/mol. The van der Waals surface area contributed by atoms with Crippen molar-refractivity contribution in [3.63, 3.8) is 0 Å². The fourth-order valence-electron chi connectivity index (χ4n) is 0. The summed E-state index contributed by atoms with van der Waals surface area (Å²) in [7, 11) is 0. The van der Waals surface area contributed by atoms with Gasteiger partial charge in [-0.05, 0) is 6.92 Å². The van der Waals surface area contributed by atoms with Gasteiger partial charge in [-0.1, -0.05) is 0 Å². The first-order valence-electron chi connectivity index (χ1n) is 2.43. The summed E-state index contributed by atoms with van der Waals surface area (Å²) in [5, 5.41) is 9.75. The molecule has 0 saturated heterocycles. The van der Waals surface area contributed by atoms with Crippen molar-refractivity contribution in [2.75, 3.05) is 0 Å². The summed E-state index contributed by atoms with van der Waals surface area (Å²) >= 11 is 0. The van der Waals surface area contributed by atoms with Crippen molar-refractivity contribution in [3.8, 4) is 0 Å². The van der Waals surface area contributed by atoms with Crippen LogP contribution >= 0.6 is 0 Å². The van der Waals surface area contributed by atoms with Crippen LogP contribution in [0.3, 0.4) is 0 Å². The Labute approximate surface area is 57.0 Å². The fourth-order valence-corrected chi connectivity index (χ4v) is 0. The predicted molar refractivity (Wildman–Crippen MR) is 18.7 cm³/mol. The SMILES string of the molecule is [2H][15N]([2H])[C@H](C)C(=O)[O-].[Li+]. The van der Waals surface area contributed by atoms with Crippen molar-refractivity contribution in [2.45, 2.75) is 13.0 Å². The minimum atomic E-state index is -1.41. The van der Waals surface area contributed by atoms with E-state index < -0.39 is 12.0 Å². The van der Waals surface area contributed by atoms with Crippen LogP contribution in [0.2, 0.25) is 2.82 Å². The number of carbonyl (C=O) groups excluding carboxylic acids is 1. The van der Waals surface area contributed by atoms with Crippen LogP contribution in [0.1, 0.15) is 6.92 Å². The third kappa shape index (κ3) is 6.03. The Balaban J connectivity index is 0. The van der Waals surface area contributed by atoms with Gasteiger partial charge in [0.15, 0.2) is 0 Å². The normalized spacial score (nSPS) is 16.3. The molecule has 0 aromatic carbocycles. The number of hydrogen-bond donors (Lipinski definition) is 1. The van der Waals surface area contributed by atoms with Crippen molar-refractivity contribution >= 4 is 5.97 Å². The van der Waals surface area contributed by atoms with E-state index in [-0.39, 0.29) is 24.6 Å². The molecule has 0 aliphatic carbocycles. The molecule has 0 aliphatic heterocycles. The molecular formula is C3H6LiNO2. The van der Waals surface area contributed by atoms with E-state index in [0.717, 1.165) is 0 Å². The summed E-state index contributed by atoms with van der Waals surface area (Å²) in [4.78, 5) is 9.75. The molecule has 0 bridgehead atoms. The maximum absolute atomic E-state index is 9.75. The Morgan fingerprint density at radius 1 is 2.14 bits per heavy atom. The van der Waals surface area contributed by atoms with Crippen LogP contribution in [-0.4, -0.2) is 12.0 Å². The van der Waals surface area contributed by atoms with E-state index in [1.807, 2.05) is 0 Å². The second-order valence-electron chi connectivity index (χ2n) is 0.995. The van der Waals surface area contributed by atoms with Gasteiger partial charge in [-0.2, -0.15) is 0 Å². The standard InChI is InChI=1S/C3H7NO2.Li/c1-2(4)3(5)6;/h2H,4H2,1H3,(H,5,6);/q;+1/p-1/t2-;/m1./s1/i4+1;/hD2. The maximum Gasteiger partial charge on any atom is 1.00 e. The van der Waals surface area contributed by atoms with E-state index >= 15 is 0 Å². The van der Waals surface area contributed by atoms with Crippen LogP contribution in [0.15, 0.2) is 0 Å². The average molecular weight is 98.0 g/mol. The molecule has 1 atom stereocenters. The Bertz CT molecular complexity index is 99.8. The van der Waals surface area contributed by atoms with Gasteiger partial charge in [-0.25, -0.2) is 0 Å². The summed E-state index contributed by atoms with van der Waals surface area (Å²) in [5.74, 6) is -1.41. The van der Waals surface area contributed by atoms with Crippen molar-refractivity contribution in [1.82, 2.24) is 0 Å². The van der Waals surface area contributed by atoms with Crippen molar-refractivity contribution in [2.24, 2.45) is 5.72 Å². The van der Waals surface area contributed by atoms with Gasteiger partial charge in [0.1, 0.15) is 2.82 Å². The van der Waals surface area contributed by atoms with Crippen LogP contribution < -0.4 is 29.7 Å². The first-order valence-corrected chi connectivity index (χ1v) is 1.53. The Kier molecular flexibility index (Phi) is 3.10. The van der Waals surface area contributed by atoms with Gasteiger partial charge in [0, 0.05) is 6.04 Å². The third-order valence-electron chi connectivity index (χ3n) is 0.341. The number of aliphatic carboxylic acids is 1. The second-order valence-corrected chi connectivity index (χ2v) is 0.995. The van der Waals surface area contributed by atoms with Crippen LogP contribution in [0.25, 0.3) is 0 Å². The largest absolute Gasteiger partial charge is 1.00 e. The molecule has 36 valence electrons. The molecule has 3 nitrogen and oxygen atoms in total. The molecule has 0 radical (unpaired) electrons. The molecule has 0 amide bonds. The van der Waals surface area contributed by atoms with E-state index in [1.165, 1.54) is 6.92 Å². The van der Waals surface area contributed by atoms with Gasteiger partial charge < -0.3 is 15.6 Å². The van der Waals surface area contributed by atoms with E-state index in [4.69, 9.17) is 2.82 Å². The molecule has 0 spiro atoms. The average Bonchev–Trinajstić information content (AvgIpc) is 1.64. The van der Waals surface area contributed by atoms with E-state index in [1.54, 1.807) is 0 Å². The summed E-state index contributed by atoms with van der Waals surface area (Å²) in [6.07, 6.45) is 0. The smallest absolute Gasteiger partial charge is 0.548 e. The molecule has 0 aromatic heterocycles. The Morgan fingerprint density at radius 2 is 2.57 bits per heavy atom. The Morgan fingerprint density at radius 3 is 2.57 bits per heavy atom. The van der Waals surface area contributed by atoms with Crippen LogP contribution in [0.4, 0.5) is 0 Å². The third-order valence-corrected chi connectivity index (χ3v) is 0.341. The van der Waals surface area contributed by atoms with Crippen molar-refractivity contribution in [1.29, 1.82) is 0 Å². The fraction of sp³-hybridized carbons (Fsp3) is 0.667. The quantitative estimate of drug-likeness (QED) is 0.278. The van der Waals surface area contributed by atoms with Gasteiger partial charge in [0.2, 0.25) is 0 Å². The van der Waals surface area contributed by atoms with E-state index in [2.05, 4.69) is 0 Å². The van der Waals surface area contributed by atoms with Gasteiger partial charge in [-0.3, -0.25) is 0 Å². The van der Waals surface area contributed by atoms with E-state index in [9.17, 15) is 9.90 Å². The molecule has 0 fully saturated rings. The Hall–Kier alpha value is 0.0274. The zero-order valence-corrected chi connectivity index (χ0v) is 4.34. The minimum Gasteiger partial charge on any atom is -0.548 e. The molecular weight excluding hydrogens is 90.0 g/mol. The minimum absolute atomic E-state index is 0. The van der Waals surface area contributed by atoms with E-state index in [0.29, 0.717) is 0 Å². The molecule has 0 unspecified atom stereocenters. The second kappa shape index (κ2) is 4.19. The van der Waals surface area contributed by atoms with Gasteiger partial charge >= 0.3 is 18.9 Å². The molecule has 2 N–H and O–H groups in total. The van der Waals surface area contributed by atoms with Crippen LogP contribution in [-0.2, 0) is 4.79 Å². The van der Waals surface area contributed by atoms with Crippen molar-refractivity contribution < 1.29 is 31.6 Å². The molecule has 7 heavy (non-hydrogen) atoms. The maximum atomic E-state index is 9.75. The topological polar surface area (TPSA) is 66.2 Å². The van der Waals surface area contributed by atoms with Gasteiger partial charge in [0.05, 0.1) is 5.97 Å². The predicted octanol–water partition coefficient (Wildman–Crippen LogP) is -4.91. The first-order chi connectivity index (χ1) is 3.55. The van der Waals surface area contributed by atoms with Gasteiger partial charge in [-0.15, -0.1) is 0 Å². The molecule has 0 aromatic rings. The molecule has 0 heterocycles. The zero-order valence-electron chi connectivity index (χ0n) is 6.34. The molecule has 0 aliphatic rings. The van der Waals surface area contributed by atoms with Crippen molar-refractivity contribution in [3.05, 3.63) is 0 Å². The summed E-state index contributed by atoms with van der Waals surface area (Å²) in [6, 6.07) is -1.16. The molecule has 4 heteroatoms. The summed E-state index contributed by atoms with van der Waals surface area (Å²) < 4.78 is 12.8. The van der Waals surface area contributed by atoms with Crippen LogP contribution in [0.5, 0.6) is 0 Å². The number of hydrogen-bond acceptors (Lipinski definition) is 3. The number of carboxylic acid groups (broad SMARTS) is 1. The van der Waals surface area contributed by atoms with Gasteiger partial charge in [0.25, 0.3) is 0 Å². The molecule has 0 rings (SSSR count). The number of rotatable bonds is 2. The number of carboxylic acids is 1. The molecule has 0 saturated carbocycles. The number of nitrogens with two attached hydrogens (primary N) is 1. The zero-order chi connectivity index (χ0) is 6.73. The first kappa shape index (κ1) is 5.17.